The number of rotatable bonds is 1. The first kappa shape index (κ1) is 6.22. The van der Waals surface area contributed by atoms with Gasteiger partial charge in [0.1, 0.15) is 0 Å². The van der Waals surface area contributed by atoms with E-state index in [4.69, 9.17) is 4.74 Å². The van der Waals surface area contributed by atoms with Crippen molar-refractivity contribution < 1.29 is 4.74 Å². The van der Waals surface area contributed by atoms with Gasteiger partial charge >= 0.3 is 0 Å². The van der Waals surface area contributed by atoms with Crippen LogP contribution in [-0.4, -0.2) is 16.7 Å². The van der Waals surface area contributed by atoms with Crippen LogP contribution in [0.4, 0.5) is 0 Å². The first-order valence-corrected chi connectivity index (χ1v) is 3.38. The second kappa shape index (κ2) is 2.27. The smallest absolute Gasteiger partial charge is 0.214 e. The third-order valence-corrected chi connectivity index (χ3v) is 1.60. The molecule has 0 bridgehead atoms. The summed E-state index contributed by atoms with van der Waals surface area (Å²) < 4.78 is 6.84. The lowest BCUT2D eigenvalue weighted by Crippen LogP contribution is -1.93. The summed E-state index contributed by atoms with van der Waals surface area (Å²) in [6.07, 6.45) is 1.75. The van der Waals surface area contributed by atoms with Crippen LogP contribution in [0.15, 0.2) is 30.5 Å². The van der Waals surface area contributed by atoms with Crippen LogP contribution in [0.3, 0.4) is 0 Å². The van der Waals surface area contributed by atoms with Gasteiger partial charge in [0.25, 0.3) is 0 Å². The van der Waals surface area contributed by atoms with E-state index in [0.29, 0.717) is 0 Å². The molecule has 0 fully saturated rings. The summed E-state index contributed by atoms with van der Waals surface area (Å²) in [4.78, 5) is 0. The molecule has 2 rings (SSSR count). The van der Waals surface area contributed by atoms with Crippen LogP contribution < -0.4 is 4.74 Å². The van der Waals surface area contributed by atoms with E-state index in [2.05, 4.69) is 5.10 Å². The molecule has 0 spiro atoms. The standard InChI is InChI=1S/C8H8N2O/c1-11-8-4-2-3-7-5-6-9-10(7)8/h2-6H,1H3. The van der Waals surface area contributed by atoms with Gasteiger partial charge in [-0.05, 0) is 12.1 Å². The zero-order valence-corrected chi connectivity index (χ0v) is 6.19. The third kappa shape index (κ3) is 0.852. The highest BCUT2D eigenvalue weighted by Gasteiger charge is 1.97. The van der Waals surface area contributed by atoms with Gasteiger partial charge in [-0.25, -0.2) is 4.52 Å². The monoisotopic (exact) mass is 148 g/mol. The first-order valence-electron chi connectivity index (χ1n) is 3.38. The normalized spacial score (nSPS) is 10.3. The molecule has 0 aliphatic rings. The summed E-state index contributed by atoms with van der Waals surface area (Å²) in [5, 5.41) is 4.08. The molecule has 0 radical (unpaired) electrons. The first-order chi connectivity index (χ1) is 5.42. The van der Waals surface area contributed by atoms with Crippen molar-refractivity contribution in [3.63, 3.8) is 0 Å². The lowest BCUT2D eigenvalue weighted by molar-refractivity contribution is 0.386. The summed E-state index contributed by atoms with van der Waals surface area (Å²) in [6.45, 7) is 0. The van der Waals surface area contributed by atoms with Crippen LogP contribution in [0.5, 0.6) is 5.88 Å². The van der Waals surface area contributed by atoms with E-state index in [1.54, 1.807) is 17.8 Å². The van der Waals surface area contributed by atoms with Crippen LogP contribution >= 0.6 is 0 Å². The number of fused-ring (bicyclic) bond motifs is 1. The largest absolute Gasteiger partial charge is 0.481 e. The number of aromatic nitrogens is 2. The van der Waals surface area contributed by atoms with Gasteiger partial charge in [0.05, 0.1) is 18.8 Å². The predicted octanol–water partition coefficient (Wildman–Crippen LogP) is 1.34. The van der Waals surface area contributed by atoms with Crippen molar-refractivity contribution in [2.75, 3.05) is 7.11 Å². The maximum atomic E-state index is 5.09. The van der Waals surface area contributed by atoms with E-state index in [1.165, 1.54) is 0 Å². The Morgan fingerprint density at radius 1 is 1.36 bits per heavy atom. The maximum Gasteiger partial charge on any atom is 0.214 e. The van der Waals surface area contributed by atoms with E-state index >= 15 is 0 Å². The van der Waals surface area contributed by atoms with E-state index in [0.717, 1.165) is 11.4 Å². The van der Waals surface area contributed by atoms with E-state index in [1.807, 2.05) is 24.3 Å². The molecule has 0 atom stereocenters. The van der Waals surface area contributed by atoms with Crippen LogP contribution in [0, 0.1) is 0 Å². The van der Waals surface area contributed by atoms with Crippen molar-refractivity contribution in [2.24, 2.45) is 0 Å². The average molecular weight is 148 g/mol. The highest BCUT2D eigenvalue weighted by atomic mass is 16.5. The molecule has 2 aromatic rings. The SMILES string of the molecule is COc1cccc2ccnn12. The number of nitrogens with zero attached hydrogens (tertiary/aromatic N) is 2. The molecule has 2 aromatic heterocycles. The molecule has 0 saturated heterocycles. The number of methoxy groups -OCH3 is 1. The van der Waals surface area contributed by atoms with E-state index in [9.17, 15) is 0 Å². The third-order valence-electron chi connectivity index (χ3n) is 1.60. The second-order valence-electron chi connectivity index (χ2n) is 2.24. The molecule has 3 heteroatoms. The molecule has 0 aromatic carbocycles. The molecule has 0 aliphatic heterocycles. The fraction of sp³-hybridized carbons (Fsp3) is 0.125. The van der Waals surface area contributed by atoms with Gasteiger partial charge in [-0.3, -0.25) is 0 Å². The van der Waals surface area contributed by atoms with Gasteiger partial charge in [-0.15, -0.1) is 0 Å². The molecule has 11 heavy (non-hydrogen) atoms. The van der Waals surface area contributed by atoms with Crippen molar-refractivity contribution in [1.29, 1.82) is 0 Å². The molecule has 56 valence electrons. The van der Waals surface area contributed by atoms with Gasteiger partial charge in [-0.2, -0.15) is 5.10 Å². The minimum atomic E-state index is 0.757. The van der Waals surface area contributed by atoms with Crippen LogP contribution in [0.25, 0.3) is 5.52 Å². The minimum Gasteiger partial charge on any atom is -0.481 e. The number of ether oxygens (including phenoxy) is 1. The molecule has 0 amide bonds. The van der Waals surface area contributed by atoms with Crippen molar-refractivity contribution in [3.8, 4) is 5.88 Å². The Morgan fingerprint density at radius 3 is 3.09 bits per heavy atom. The fourth-order valence-electron chi connectivity index (χ4n) is 1.08. The number of hydrogen-bond donors (Lipinski definition) is 0. The minimum absolute atomic E-state index is 0.757. The van der Waals surface area contributed by atoms with E-state index in [-0.39, 0.29) is 0 Å². The topological polar surface area (TPSA) is 26.5 Å². The Labute approximate surface area is 64.2 Å². The quantitative estimate of drug-likeness (QED) is 0.610. The van der Waals surface area contributed by atoms with Gasteiger partial charge in [0.2, 0.25) is 5.88 Å². The molecule has 2 heterocycles. The van der Waals surface area contributed by atoms with Crippen LogP contribution in [0.2, 0.25) is 0 Å². The molecule has 0 unspecified atom stereocenters. The highest BCUT2D eigenvalue weighted by Crippen LogP contribution is 2.11. The van der Waals surface area contributed by atoms with Gasteiger partial charge in [0.15, 0.2) is 0 Å². The Bertz CT molecular complexity index is 367. The zero-order chi connectivity index (χ0) is 7.68. The molecule has 3 nitrogen and oxygen atoms in total. The Morgan fingerprint density at radius 2 is 2.27 bits per heavy atom. The van der Waals surface area contributed by atoms with Crippen molar-refractivity contribution in [2.45, 2.75) is 0 Å². The summed E-state index contributed by atoms with van der Waals surface area (Å²) in [6, 6.07) is 7.73. The predicted molar refractivity (Wildman–Crippen MR) is 41.7 cm³/mol. The molecule has 0 saturated carbocycles. The Hall–Kier alpha value is -1.51. The molecular weight excluding hydrogens is 140 g/mol. The van der Waals surface area contributed by atoms with E-state index < -0.39 is 0 Å². The molecule has 0 aliphatic carbocycles. The maximum absolute atomic E-state index is 5.09. The molecule has 0 N–H and O–H groups in total. The highest BCUT2D eigenvalue weighted by molar-refractivity contribution is 5.47. The summed E-state index contributed by atoms with van der Waals surface area (Å²) in [5.74, 6) is 0.757. The summed E-state index contributed by atoms with van der Waals surface area (Å²) >= 11 is 0. The van der Waals surface area contributed by atoms with Crippen molar-refractivity contribution >= 4 is 5.52 Å². The zero-order valence-electron chi connectivity index (χ0n) is 6.19. The second-order valence-corrected chi connectivity index (χ2v) is 2.24. The average Bonchev–Trinajstić information content (AvgIpc) is 2.50. The number of pyridine rings is 1. The van der Waals surface area contributed by atoms with Crippen LogP contribution in [0.1, 0.15) is 0 Å². The fourth-order valence-corrected chi connectivity index (χ4v) is 1.08. The van der Waals surface area contributed by atoms with Gasteiger partial charge in [-0.1, -0.05) is 6.07 Å². The van der Waals surface area contributed by atoms with Crippen molar-refractivity contribution in [3.05, 3.63) is 30.5 Å². The lowest BCUT2D eigenvalue weighted by atomic mass is 10.4. The summed E-state index contributed by atoms with van der Waals surface area (Å²) in [5.41, 5.74) is 1.05. The molecular formula is C8H8N2O. The Kier molecular flexibility index (Phi) is 1.28. The summed E-state index contributed by atoms with van der Waals surface area (Å²) in [7, 11) is 1.64. The van der Waals surface area contributed by atoms with Crippen LogP contribution in [-0.2, 0) is 0 Å². The number of hydrogen-bond acceptors (Lipinski definition) is 2. The Balaban J connectivity index is 2.79. The lowest BCUT2D eigenvalue weighted by Gasteiger charge is -2.00. The van der Waals surface area contributed by atoms with Gasteiger partial charge < -0.3 is 4.74 Å². The van der Waals surface area contributed by atoms with Crippen molar-refractivity contribution in [1.82, 2.24) is 9.61 Å². The van der Waals surface area contributed by atoms with Gasteiger partial charge in [0, 0.05) is 6.07 Å².